The smallest absolute Gasteiger partial charge is 0.290 e. The van der Waals surface area contributed by atoms with Gasteiger partial charge in [-0.1, -0.05) is 48.8 Å². The molecule has 1 aromatic carbocycles. The van der Waals surface area contributed by atoms with Gasteiger partial charge in [0.1, 0.15) is 0 Å². The van der Waals surface area contributed by atoms with Gasteiger partial charge in [-0.15, -0.1) is 10.2 Å². The van der Waals surface area contributed by atoms with Gasteiger partial charge in [0.15, 0.2) is 0 Å². The molecule has 0 aliphatic heterocycles. The quantitative estimate of drug-likeness (QED) is 0.373. The third-order valence-electron chi connectivity index (χ3n) is 5.57. The highest BCUT2D eigenvalue weighted by Crippen LogP contribution is 2.29. The molecule has 1 N–H and O–H groups in total. The van der Waals surface area contributed by atoms with Crippen molar-refractivity contribution in [3.8, 4) is 28.5 Å². The fourth-order valence-electron chi connectivity index (χ4n) is 3.92. The Kier molecular flexibility index (Phi) is 5.77. The van der Waals surface area contributed by atoms with Crippen molar-refractivity contribution < 1.29 is 0 Å². The van der Waals surface area contributed by atoms with Crippen molar-refractivity contribution in [3.05, 3.63) is 70.7 Å². The first-order valence-electron chi connectivity index (χ1n) is 11.0. The lowest BCUT2D eigenvalue weighted by Crippen LogP contribution is -2.26. The van der Waals surface area contributed by atoms with Gasteiger partial charge in [-0.2, -0.15) is 5.21 Å². The molecule has 0 spiro atoms. The second-order valence-corrected chi connectivity index (χ2v) is 7.72. The van der Waals surface area contributed by atoms with Crippen molar-refractivity contribution in [2.24, 2.45) is 0 Å². The molecule has 0 amide bonds. The minimum absolute atomic E-state index is 0.193. The van der Waals surface area contributed by atoms with Crippen molar-refractivity contribution in [1.29, 1.82) is 0 Å². The molecule has 0 fully saturated rings. The first-order valence-corrected chi connectivity index (χ1v) is 11.0. The lowest BCUT2D eigenvalue weighted by Gasteiger charge is -2.09. The van der Waals surface area contributed by atoms with E-state index in [0.29, 0.717) is 24.9 Å². The SMILES string of the molecule is CCCc1cn(-c2nnnn2CC)c(=O)n1Cc1ccc(-c2ccccc2-c2nn[nH]n2)cn1. The zero-order valence-corrected chi connectivity index (χ0v) is 18.8. The summed E-state index contributed by atoms with van der Waals surface area (Å²) in [6, 6.07) is 11.7. The first kappa shape index (κ1) is 21.4. The number of H-pyrrole nitrogens is 1. The predicted molar refractivity (Wildman–Crippen MR) is 123 cm³/mol. The summed E-state index contributed by atoms with van der Waals surface area (Å²) in [5.41, 5.74) is 4.22. The Morgan fingerprint density at radius 1 is 1.03 bits per heavy atom. The van der Waals surface area contributed by atoms with Crippen LogP contribution in [0.2, 0.25) is 0 Å². The Labute approximate surface area is 194 Å². The normalized spacial score (nSPS) is 11.2. The fourth-order valence-corrected chi connectivity index (χ4v) is 3.92. The Hall–Kier alpha value is -4.48. The van der Waals surface area contributed by atoms with Crippen LogP contribution in [0.3, 0.4) is 0 Å². The number of hydrogen-bond donors (Lipinski definition) is 1. The Balaban J connectivity index is 1.47. The van der Waals surface area contributed by atoms with Crippen LogP contribution in [0.15, 0.2) is 53.6 Å². The van der Waals surface area contributed by atoms with Crippen LogP contribution in [-0.2, 0) is 19.5 Å². The Bertz CT molecular complexity index is 1450. The molecule has 0 unspecified atom stereocenters. The maximum Gasteiger partial charge on any atom is 0.335 e. The maximum atomic E-state index is 13.3. The average Bonchev–Trinajstić information content (AvgIpc) is 3.62. The van der Waals surface area contributed by atoms with Gasteiger partial charge in [0.2, 0.25) is 5.82 Å². The summed E-state index contributed by atoms with van der Waals surface area (Å²) < 4.78 is 4.83. The van der Waals surface area contributed by atoms with E-state index in [4.69, 9.17) is 0 Å². The van der Waals surface area contributed by atoms with Gasteiger partial charge in [0.05, 0.1) is 12.2 Å². The third kappa shape index (κ3) is 3.89. The number of aromatic nitrogens is 11. The van der Waals surface area contributed by atoms with Crippen LogP contribution in [0.5, 0.6) is 0 Å². The summed E-state index contributed by atoms with van der Waals surface area (Å²) in [6.07, 6.45) is 5.28. The molecule has 0 atom stereocenters. The first-order chi connectivity index (χ1) is 16.7. The highest BCUT2D eigenvalue weighted by atomic mass is 16.2. The second-order valence-electron chi connectivity index (χ2n) is 7.72. The van der Waals surface area contributed by atoms with E-state index in [9.17, 15) is 4.79 Å². The second kappa shape index (κ2) is 9.17. The van der Waals surface area contributed by atoms with Crippen molar-refractivity contribution in [3.63, 3.8) is 0 Å². The summed E-state index contributed by atoms with van der Waals surface area (Å²) in [5, 5.41) is 26.0. The number of nitrogens with one attached hydrogen (secondary N) is 1. The molecular formula is C22H23N11O. The fraction of sp³-hybridized carbons (Fsp3) is 0.273. The van der Waals surface area contributed by atoms with E-state index < -0.39 is 0 Å². The number of benzene rings is 1. The molecule has 0 bridgehead atoms. The van der Waals surface area contributed by atoms with Gasteiger partial charge in [0, 0.05) is 35.8 Å². The zero-order valence-electron chi connectivity index (χ0n) is 18.8. The summed E-state index contributed by atoms with van der Waals surface area (Å²) in [6.45, 7) is 4.92. The number of aromatic amines is 1. The van der Waals surface area contributed by atoms with Crippen molar-refractivity contribution in [1.82, 2.24) is 54.9 Å². The largest absolute Gasteiger partial charge is 0.335 e. The van der Waals surface area contributed by atoms with Crippen molar-refractivity contribution in [2.75, 3.05) is 0 Å². The number of rotatable bonds is 8. The van der Waals surface area contributed by atoms with Crippen LogP contribution >= 0.6 is 0 Å². The van der Waals surface area contributed by atoms with Crippen LogP contribution in [0.4, 0.5) is 0 Å². The maximum absolute atomic E-state index is 13.3. The molecule has 4 aromatic heterocycles. The number of nitrogens with zero attached hydrogens (tertiary/aromatic N) is 10. The summed E-state index contributed by atoms with van der Waals surface area (Å²) in [4.78, 5) is 17.9. The molecule has 0 aliphatic carbocycles. The van der Waals surface area contributed by atoms with Crippen LogP contribution in [-0.4, -0.2) is 54.9 Å². The molecule has 172 valence electrons. The van der Waals surface area contributed by atoms with E-state index in [1.165, 1.54) is 4.57 Å². The van der Waals surface area contributed by atoms with E-state index in [-0.39, 0.29) is 5.69 Å². The lowest BCUT2D eigenvalue weighted by molar-refractivity contribution is 0.602. The summed E-state index contributed by atoms with van der Waals surface area (Å²) >= 11 is 0. The van der Waals surface area contributed by atoms with Gasteiger partial charge in [-0.05, 0) is 40.6 Å². The number of aryl methyl sites for hydroxylation is 2. The topological polar surface area (TPSA) is 138 Å². The van der Waals surface area contributed by atoms with Crippen LogP contribution in [0.25, 0.3) is 28.5 Å². The lowest BCUT2D eigenvalue weighted by atomic mass is 10.0. The molecule has 5 aromatic rings. The molecule has 12 heteroatoms. The molecule has 4 heterocycles. The molecule has 0 radical (unpaired) electrons. The molecule has 0 saturated heterocycles. The molecular weight excluding hydrogens is 434 g/mol. The van der Waals surface area contributed by atoms with E-state index in [2.05, 4.69) is 48.1 Å². The van der Waals surface area contributed by atoms with Crippen molar-refractivity contribution >= 4 is 0 Å². The number of pyridine rings is 1. The number of tetrazole rings is 2. The Morgan fingerprint density at radius 2 is 1.88 bits per heavy atom. The average molecular weight is 458 g/mol. The van der Waals surface area contributed by atoms with Gasteiger partial charge in [-0.25, -0.2) is 14.0 Å². The highest BCUT2D eigenvalue weighted by Gasteiger charge is 2.17. The Morgan fingerprint density at radius 3 is 2.59 bits per heavy atom. The standard InChI is InChI=1S/C22H23N11O/c1-3-7-17-14-32(21-26-29-30-33(21)4-2)22(34)31(17)13-16-11-10-15(12-23-16)18-8-5-6-9-19(18)20-24-27-28-25-20/h5-6,8-12,14H,3-4,7,13H2,1-2H3,(H,24,25,27,28). The summed E-state index contributed by atoms with van der Waals surface area (Å²) in [5.74, 6) is 0.927. The zero-order chi connectivity index (χ0) is 23.5. The summed E-state index contributed by atoms with van der Waals surface area (Å²) in [7, 11) is 0. The van der Waals surface area contributed by atoms with E-state index in [0.717, 1.165) is 40.9 Å². The van der Waals surface area contributed by atoms with Crippen LogP contribution in [0.1, 0.15) is 31.7 Å². The molecule has 34 heavy (non-hydrogen) atoms. The number of hydrogen-bond acceptors (Lipinski definition) is 8. The highest BCUT2D eigenvalue weighted by molar-refractivity contribution is 5.79. The van der Waals surface area contributed by atoms with E-state index in [1.807, 2.05) is 49.5 Å². The van der Waals surface area contributed by atoms with Gasteiger partial charge in [-0.3, -0.25) is 9.55 Å². The minimum Gasteiger partial charge on any atom is -0.290 e. The molecule has 5 rings (SSSR count). The van der Waals surface area contributed by atoms with Crippen LogP contribution in [0, 0.1) is 0 Å². The van der Waals surface area contributed by atoms with E-state index >= 15 is 0 Å². The third-order valence-corrected chi connectivity index (χ3v) is 5.57. The minimum atomic E-state index is -0.193. The predicted octanol–water partition coefficient (Wildman–Crippen LogP) is 1.89. The molecule has 0 saturated carbocycles. The van der Waals surface area contributed by atoms with Crippen LogP contribution < -0.4 is 5.69 Å². The van der Waals surface area contributed by atoms with Crippen molar-refractivity contribution in [2.45, 2.75) is 39.8 Å². The van der Waals surface area contributed by atoms with Gasteiger partial charge < -0.3 is 0 Å². The van der Waals surface area contributed by atoms with Gasteiger partial charge in [0.25, 0.3) is 5.95 Å². The molecule has 12 nitrogen and oxygen atoms in total. The van der Waals surface area contributed by atoms with Gasteiger partial charge >= 0.3 is 5.69 Å². The molecule has 0 aliphatic rings. The van der Waals surface area contributed by atoms with E-state index in [1.54, 1.807) is 15.4 Å². The number of imidazole rings is 1. The monoisotopic (exact) mass is 457 g/mol.